The van der Waals surface area contributed by atoms with Gasteiger partial charge in [0.25, 0.3) is 0 Å². The van der Waals surface area contributed by atoms with Crippen LogP contribution in [0.15, 0.2) is 18.3 Å². The summed E-state index contributed by atoms with van der Waals surface area (Å²) in [4.78, 5) is 4.38. The Hall–Kier alpha value is -1.09. The Morgan fingerprint density at radius 1 is 1.29 bits per heavy atom. The van der Waals surface area contributed by atoms with E-state index in [0.29, 0.717) is 12.1 Å². The average Bonchev–Trinajstić information content (AvgIpc) is 2.40. The van der Waals surface area contributed by atoms with Crippen molar-refractivity contribution >= 4 is 0 Å². The zero-order valence-corrected chi connectivity index (χ0v) is 10.8. The number of nitrogens with zero attached hydrogens (tertiary/aromatic N) is 1. The third-order valence-corrected chi connectivity index (χ3v) is 3.53. The van der Waals surface area contributed by atoms with Crippen LogP contribution in [0.2, 0.25) is 0 Å². The summed E-state index contributed by atoms with van der Waals surface area (Å²) in [6.07, 6.45) is 8.57. The number of hydrogen-bond acceptors (Lipinski definition) is 3. The van der Waals surface area contributed by atoms with E-state index in [-0.39, 0.29) is 0 Å². The predicted molar refractivity (Wildman–Crippen MR) is 69.2 cm³/mol. The Balaban J connectivity index is 1.93. The van der Waals surface area contributed by atoms with Crippen LogP contribution in [0, 0.1) is 0 Å². The highest BCUT2D eigenvalue weighted by Crippen LogP contribution is 2.22. The van der Waals surface area contributed by atoms with Crippen LogP contribution < -0.4 is 10.1 Å². The van der Waals surface area contributed by atoms with Gasteiger partial charge < -0.3 is 10.1 Å². The maximum absolute atomic E-state index is 5.89. The molecule has 1 aliphatic carbocycles. The zero-order chi connectivity index (χ0) is 12.1. The van der Waals surface area contributed by atoms with Crippen molar-refractivity contribution < 1.29 is 4.74 Å². The number of ether oxygens (including phenoxy) is 1. The monoisotopic (exact) mass is 234 g/mol. The summed E-state index contributed by atoms with van der Waals surface area (Å²) >= 11 is 0. The van der Waals surface area contributed by atoms with E-state index in [4.69, 9.17) is 4.74 Å². The van der Waals surface area contributed by atoms with Crippen LogP contribution in [0.3, 0.4) is 0 Å². The molecule has 1 aromatic heterocycles. The normalized spacial score (nSPS) is 18.9. The van der Waals surface area contributed by atoms with Crippen molar-refractivity contribution in [2.75, 3.05) is 7.05 Å². The summed E-state index contributed by atoms with van der Waals surface area (Å²) in [7, 11) is 1.96. The van der Waals surface area contributed by atoms with Gasteiger partial charge in [0, 0.05) is 18.3 Å². The SMILES string of the molecule is CNC(C)c1ccc(OC2CCCCC2)nc1. The van der Waals surface area contributed by atoms with Gasteiger partial charge in [-0.25, -0.2) is 4.98 Å². The lowest BCUT2D eigenvalue weighted by molar-refractivity contribution is 0.148. The molecular formula is C14H22N2O. The summed E-state index contributed by atoms with van der Waals surface area (Å²) < 4.78 is 5.89. The Labute approximate surface area is 104 Å². The van der Waals surface area contributed by atoms with Crippen molar-refractivity contribution in [3.8, 4) is 5.88 Å². The number of aromatic nitrogens is 1. The minimum absolute atomic E-state index is 0.339. The maximum Gasteiger partial charge on any atom is 0.213 e. The van der Waals surface area contributed by atoms with Crippen molar-refractivity contribution in [3.05, 3.63) is 23.9 Å². The second kappa shape index (κ2) is 6.01. The molecule has 2 rings (SSSR count). The lowest BCUT2D eigenvalue weighted by atomic mass is 9.98. The van der Waals surface area contributed by atoms with Gasteiger partial charge in [0.15, 0.2) is 0 Å². The maximum atomic E-state index is 5.89. The van der Waals surface area contributed by atoms with Crippen LogP contribution in [0.1, 0.15) is 50.6 Å². The van der Waals surface area contributed by atoms with Crippen LogP contribution >= 0.6 is 0 Å². The average molecular weight is 234 g/mol. The minimum atomic E-state index is 0.339. The van der Waals surface area contributed by atoms with Gasteiger partial charge in [-0.15, -0.1) is 0 Å². The van der Waals surface area contributed by atoms with Gasteiger partial charge in [-0.3, -0.25) is 0 Å². The highest BCUT2D eigenvalue weighted by atomic mass is 16.5. The summed E-state index contributed by atoms with van der Waals surface area (Å²) in [5.74, 6) is 0.768. The lowest BCUT2D eigenvalue weighted by Crippen LogP contribution is -2.20. The van der Waals surface area contributed by atoms with E-state index in [2.05, 4.69) is 23.3 Å². The zero-order valence-electron chi connectivity index (χ0n) is 10.8. The number of hydrogen-bond donors (Lipinski definition) is 1. The molecule has 0 spiro atoms. The fourth-order valence-electron chi connectivity index (χ4n) is 2.24. The second-order valence-electron chi connectivity index (χ2n) is 4.82. The standard InChI is InChI=1S/C14H22N2O/c1-11(15-2)12-8-9-14(16-10-12)17-13-6-4-3-5-7-13/h8-11,13,15H,3-7H2,1-2H3. The topological polar surface area (TPSA) is 34.1 Å². The first-order chi connectivity index (χ1) is 8.29. The first kappa shape index (κ1) is 12.4. The van der Waals surface area contributed by atoms with Crippen LogP contribution in [0.5, 0.6) is 5.88 Å². The molecule has 0 radical (unpaired) electrons. The highest BCUT2D eigenvalue weighted by Gasteiger charge is 2.15. The Kier molecular flexibility index (Phi) is 4.37. The number of pyridine rings is 1. The summed E-state index contributed by atoms with van der Waals surface area (Å²) in [6, 6.07) is 4.41. The van der Waals surface area contributed by atoms with Gasteiger partial charge in [-0.2, -0.15) is 0 Å². The van der Waals surface area contributed by atoms with Crippen LogP contribution in [0.25, 0.3) is 0 Å². The Bertz CT molecular complexity index is 331. The molecule has 1 aromatic rings. The molecule has 3 heteroatoms. The van der Waals surface area contributed by atoms with Crippen molar-refractivity contribution in [1.29, 1.82) is 0 Å². The van der Waals surface area contributed by atoms with E-state index in [9.17, 15) is 0 Å². The van der Waals surface area contributed by atoms with Gasteiger partial charge >= 0.3 is 0 Å². The third kappa shape index (κ3) is 3.43. The van der Waals surface area contributed by atoms with Crippen molar-refractivity contribution in [2.24, 2.45) is 0 Å². The van der Waals surface area contributed by atoms with Crippen LogP contribution in [-0.2, 0) is 0 Å². The molecule has 1 heterocycles. The van der Waals surface area contributed by atoms with Crippen LogP contribution in [-0.4, -0.2) is 18.1 Å². The molecule has 1 atom stereocenters. The van der Waals surface area contributed by atoms with Gasteiger partial charge in [0.1, 0.15) is 6.10 Å². The van der Waals surface area contributed by atoms with E-state index in [0.717, 1.165) is 5.88 Å². The molecule has 1 N–H and O–H groups in total. The molecule has 0 aromatic carbocycles. The van der Waals surface area contributed by atoms with Crippen molar-refractivity contribution in [2.45, 2.75) is 51.2 Å². The predicted octanol–water partition coefficient (Wildman–Crippen LogP) is 3.07. The molecule has 0 saturated heterocycles. The molecule has 1 aliphatic rings. The quantitative estimate of drug-likeness (QED) is 0.869. The summed E-state index contributed by atoms with van der Waals surface area (Å²) in [5, 5.41) is 3.20. The molecule has 1 unspecified atom stereocenters. The lowest BCUT2D eigenvalue weighted by Gasteiger charge is -2.22. The van der Waals surface area contributed by atoms with E-state index < -0.39 is 0 Å². The van der Waals surface area contributed by atoms with Crippen LogP contribution in [0.4, 0.5) is 0 Å². The summed E-state index contributed by atoms with van der Waals surface area (Å²) in [6.45, 7) is 2.12. The van der Waals surface area contributed by atoms with Crippen molar-refractivity contribution in [3.63, 3.8) is 0 Å². The van der Waals surface area contributed by atoms with E-state index in [1.165, 1.54) is 37.7 Å². The molecule has 0 bridgehead atoms. The smallest absolute Gasteiger partial charge is 0.213 e. The molecule has 1 fully saturated rings. The van der Waals surface area contributed by atoms with Gasteiger partial charge in [-0.05, 0) is 45.2 Å². The first-order valence-corrected chi connectivity index (χ1v) is 6.59. The fraction of sp³-hybridized carbons (Fsp3) is 0.643. The van der Waals surface area contributed by atoms with Gasteiger partial charge in [0.2, 0.25) is 5.88 Å². The largest absolute Gasteiger partial charge is 0.474 e. The Morgan fingerprint density at radius 3 is 2.65 bits per heavy atom. The molecule has 3 nitrogen and oxygen atoms in total. The second-order valence-corrected chi connectivity index (χ2v) is 4.82. The molecule has 0 amide bonds. The minimum Gasteiger partial charge on any atom is -0.474 e. The van der Waals surface area contributed by atoms with Gasteiger partial charge in [-0.1, -0.05) is 12.5 Å². The highest BCUT2D eigenvalue weighted by molar-refractivity contribution is 5.20. The molecule has 94 valence electrons. The molecular weight excluding hydrogens is 212 g/mol. The fourth-order valence-corrected chi connectivity index (χ4v) is 2.24. The molecule has 17 heavy (non-hydrogen) atoms. The molecule has 0 aliphatic heterocycles. The van der Waals surface area contributed by atoms with E-state index in [1.807, 2.05) is 19.3 Å². The van der Waals surface area contributed by atoms with Crippen molar-refractivity contribution in [1.82, 2.24) is 10.3 Å². The first-order valence-electron chi connectivity index (χ1n) is 6.59. The summed E-state index contributed by atoms with van der Waals surface area (Å²) in [5.41, 5.74) is 1.20. The molecule has 1 saturated carbocycles. The third-order valence-electron chi connectivity index (χ3n) is 3.53. The van der Waals surface area contributed by atoms with E-state index >= 15 is 0 Å². The van der Waals surface area contributed by atoms with Gasteiger partial charge in [0.05, 0.1) is 0 Å². The van der Waals surface area contributed by atoms with E-state index in [1.54, 1.807) is 0 Å². The number of rotatable bonds is 4. The Morgan fingerprint density at radius 2 is 2.06 bits per heavy atom. The number of nitrogens with one attached hydrogen (secondary N) is 1.